The van der Waals surface area contributed by atoms with E-state index in [4.69, 9.17) is 0 Å². The summed E-state index contributed by atoms with van der Waals surface area (Å²) in [4.78, 5) is 10.2. The zero-order chi connectivity index (χ0) is 8.27. The number of rotatable bonds is 2. The van der Waals surface area contributed by atoms with E-state index in [1.807, 2.05) is 6.07 Å². The highest BCUT2D eigenvalue weighted by Crippen LogP contribution is 2.18. The molecule has 0 aliphatic carbocycles. The van der Waals surface area contributed by atoms with Crippen molar-refractivity contribution in [2.45, 2.75) is 13.3 Å². The summed E-state index contributed by atoms with van der Waals surface area (Å²) < 4.78 is 0. The number of hydrogen-bond acceptors (Lipinski definition) is 2. The predicted molar refractivity (Wildman–Crippen MR) is 42.6 cm³/mol. The Kier molecular flexibility index (Phi) is 2.26. The minimum atomic E-state index is 0.254. The Morgan fingerprint density at radius 2 is 2.27 bits per heavy atom. The molecule has 0 saturated carbocycles. The Balaban J connectivity index is 3.05. The molecule has 58 valence electrons. The van der Waals surface area contributed by atoms with Crippen molar-refractivity contribution in [1.82, 2.24) is 0 Å². The van der Waals surface area contributed by atoms with Crippen LogP contribution in [0.2, 0.25) is 0 Å². The highest BCUT2D eigenvalue weighted by atomic mass is 16.3. The first-order valence-electron chi connectivity index (χ1n) is 3.47. The fourth-order valence-electron chi connectivity index (χ4n) is 0.981. The monoisotopic (exact) mass is 150 g/mol. The topological polar surface area (TPSA) is 37.3 Å². The maximum Gasteiger partial charge on any atom is 0.124 e. The molecule has 0 unspecified atom stereocenters. The van der Waals surface area contributed by atoms with Crippen LogP contribution in [0.25, 0.3) is 0 Å². The third-order valence-corrected chi connectivity index (χ3v) is 1.72. The van der Waals surface area contributed by atoms with Crippen molar-refractivity contribution in [3.8, 4) is 5.75 Å². The number of carbonyl (C=O) groups excluding carboxylic acids is 1. The Morgan fingerprint density at radius 1 is 1.55 bits per heavy atom. The van der Waals surface area contributed by atoms with E-state index in [1.165, 1.54) is 0 Å². The van der Waals surface area contributed by atoms with Gasteiger partial charge in [0.05, 0.1) is 0 Å². The van der Waals surface area contributed by atoms with E-state index >= 15 is 0 Å². The molecule has 0 heterocycles. The summed E-state index contributed by atoms with van der Waals surface area (Å²) in [6, 6.07) is 5.19. The van der Waals surface area contributed by atoms with Gasteiger partial charge in [0.1, 0.15) is 12.0 Å². The zero-order valence-electron chi connectivity index (χ0n) is 6.37. The van der Waals surface area contributed by atoms with Crippen molar-refractivity contribution < 1.29 is 9.90 Å². The SMILES string of the molecule is Cc1c(O)cccc1CC=O. The molecule has 0 saturated heterocycles. The van der Waals surface area contributed by atoms with Gasteiger partial charge in [0.25, 0.3) is 0 Å². The fourth-order valence-corrected chi connectivity index (χ4v) is 0.981. The Labute approximate surface area is 65.5 Å². The average molecular weight is 150 g/mol. The molecule has 2 nitrogen and oxygen atoms in total. The van der Waals surface area contributed by atoms with Gasteiger partial charge in [0, 0.05) is 6.42 Å². The molecule has 1 N–H and O–H groups in total. The molecule has 1 aromatic carbocycles. The van der Waals surface area contributed by atoms with Crippen LogP contribution >= 0.6 is 0 Å². The highest BCUT2D eigenvalue weighted by molar-refractivity contribution is 5.57. The smallest absolute Gasteiger partial charge is 0.124 e. The Bertz CT molecular complexity index is 266. The average Bonchev–Trinajstić information content (AvgIpc) is 1.99. The minimum Gasteiger partial charge on any atom is -0.508 e. The van der Waals surface area contributed by atoms with E-state index in [1.54, 1.807) is 19.1 Å². The number of phenolic OH excluding ortho intramolecular Hbond substituents is 1. The molecule has 0 spiro atoms. The van der Waals surface area contributed by atoms with Crippen molar-refractivity contribution in [2.24, 2.45) is 0 Å². The summed E-state index contributed by atoms with van der Waals surface area (Å²) >= 11 is 0. The fraction of sp³-hybridized carbons (Fsp3) is 0.222. The summed E-state index contributed by atoms with van der Waals surface area (Å²) in [5.41, 5.74) is 1.68. The lowest BCUT2D eigenvalue weighted by atomic mass is 10.1. The van der Waals surface area contributed by atoms with Crippen LogP contribution < -0.4 is 0 Å². The van der Waals surface area contributed by atoms with Gasteiger partial charge in [0.15, 0.2) is 0 Å². The van der Waals surface area contributed by atoms with Crippen molar-refractivity contribution in [2.75, 3.05) is 0 Å². The van der Waals surface area contributed by atoms with Crippen LogP contribution in [-0.2, 0) is 11.2 Å². The molecule has 0 aliphatic heterocycles. The summed E-state index contributed by atoms with van der Waals surface area (Å²) in [5, 5.41) is 9.21. The van der Waals surface area contributed by atoms with Gasteiger partial charge in [-0.2, -0.15) is 0 Å². The standard InChI is InChI=1S/C9H10O2/c1-7-8(5-6-10)3-2-4-9(7)11/h2-4,6,11H,5H2,1H3. The second-order valence-electron chi connectivity index (χ2n) is 2.43. The first kappa shape index (κ1) is 7.79. The number of carbonyl (C=O) groups is 1. The van der Waals surface area contributed by atoms with E-state index < -0.39 is 0 Å². The predicted octanol–water partition coefficient (Wildman–Crippen LogP) is 1.44. The van der Waals surface area contributed by atoms with Gasteiger partial charge >= 0.3 is 0 Å². The van der Waals surface area contributed by atoms with Crippen LogP contribution in [0, 0.1) is 6.92 Å². The lowest BCUT2D eigenvalue weighted by molar-refractivity contribution is -0.107. The molecule has 0 aliphatic rings. The van der Waals surface area contributed by atoms with Crippen molar-refractivity contribution in [3.63, 3.8) is 0 Å². The minimum absolute atomic E-state index is 0.254. The number of aromatic hydroxyl groups is 1. The molecule has 1 aromatic rings. The lowest BCUT2D eigenvalue weighted by Gasteiger charge is -2.02. The first-order chi connectivity index (χ1) is 5.25. The quantitative estimate of drug-likeness (QED) is 0.648. The van der Waals surface area contributed by atoms with Gasteiger partial charge in [-0.3, -0.25) is 0 Å². The number of phenols is 1. The number of hydrogen-bond donors (Lipinski definition) is 1. The zero-order valence-corrected chi connectivity index (χ0v) is 6.37. The second kappa shape index (κ2) is 3.19. The normalized spacial score (nSPS) is 9.55. The number of benzene rings is 1. The maximum atomic E-state index is 10.2. The molecule has 0 atom stereocenters. The van der Waals surface area contributed by atoms with Crippen LogP contribution in [0.15, 0.2) is 18.2 Å². The summed E-state index contributed by atoms with van der Waals surface area (Å²) in [6.07, 6.45) is 1.21. The summed E-state index contributed by atoms with van der Waals surface area (Å²) in [6.45, 7) is 1.80. The molecule has 1 rings (SSSR count). The summed E-state index contributed by atoms with van der Waals surface area (Å²) in [7, 11) is 0. The van der Waals surface area contributed by atoms with Crippen LogP contribution in [0.5, 0.6) is 5.75 Å². The van der Waals surface area contributed by atoms with Gasteiger partial charge in [-0.25, -0.2) is 0 Å². The van der Waals surface area contributed by atoms with Crippen molar-refractivity contribution in [3.05, 3.63) is 29.3 Å². The van der Waals surface area contributed by atoms with Gasteiger partial charge in [-0.05, 0) is 24.1 Å². The molecule has 11 heavy (non-hydrogen) atoms. The Morgan fingerprint density at radius 3 is 2.91 bits per heavy atom. The van der Waals surface area contributed by atoms with E-state index in [2.05, 4.69) is 0 Å². The van der Waals surface area contributed by atoms with Crippen LogP contribution in [0.1, 0.15) is 11.1 Å². The van der Waals surface area contributed by atoms with Gasteiger partial charge in [-0.15, -0.1) is 0 Å². The van der Waals surface area contributed by atoms with Gasteiger partial charge in [0.2, 0.25) is 0 Å². The molecule has 0 bridgehead atoms. The molecule has 0 amide bonds. The molecule has 0 radical (unpaired) electrons. The third kappa shape index (κ3) is 1.58. The van der Waals surface area contributed by atoms with Gasteiger partial charge < -0.3 is 9.90 Å². The molecular formula is C9H10O2. The molecule has 0 aromatic heterocycles. The second-order valence-corrected chi connectivity index (χ2v) is 2.43. The highest BCUT2D eigenvalue weighted by Gasteiger charge is 2.00. The van der Waals surface area contributed by atoms with E-state index in [0.29, 0.717) is 6.42 Å². The van der Waals surface area contributed by atoms with E-state index in [-0.39, 0.29) is 5.75 Å². The van der Waals surface area contributed by atoms with Crippen LogP contribution in [-0.4, -0.2) is 11.4 Å². The molecule has 2 heteroatoms. The van der Waals surface area contributed by atoms with Gasteiger partial charge in [-0.1, -0.05) is 12.1 Å². The van der Waals surface area contributed by atoms with Crippen LogP contribution in [0.4, 0.5) is 0 Å². The van der Waals surface area contributed by atoms with E-state index in [0.717, 1.165) is 17.4 Å². The Hall–Kier alpha value is -1.31. The largest absolute Gasteiger partial charge is 0.508 e. The van der Waals surface area contributed by atoms with E-state index in [9.17, 15) is 9.90 Å². The first-order valence-corrected chi connectivity index (χ1v) is 3.47. The lowest BCUT2D eigenvalue weighted by Crippen LogP contribution is -1.89. The van der Waals surface area contributed by atoms with Crippen molar-refractivity contribution in [1.29, 1.82) is 0 Å². The molecular weight excluding hydrogens is 140 g/mol. The summed E-state index contributed by atoms with van der Waals surface area (Å²) in [5.74, 6) is 0.254. The number of aldehydes is 1. The third-order valence-electron chi connectivity index (χ3n) is 1.72. The van der Waals surface area contributed by atoms with Crippen molar-refractivity contribution >= 4 is 6.29 Å². The molecule has 0 fully saturated rings. The van der Waals surface area contributed by atoms with Crippen LogP contribution in [0.3, 0.4) is 0 Å². The maximum absolute atomic E-state index is 10.2.